The zero-order chi connectivity index (χ0) is 30.1. The Kier molecular flexibility index (Phi) is 11.8. The molecule has 0 bridgehead atoms. The van der Waals surface area contributed by atoms with Crippen LogP contribution in [0.3, 0.4) is 0 Å². The van der Waals surface area contributed by atoms with E-state index >= 15 is 0 Å². The van der Waals surface area contributed by atoms with Gasteiger partial charge in [-0.1, -0.05) is 122 Å². The predicted molar refractivity (Wildman–Crippen MR) is 191 cm³/mol. The molecule has 1 N–H and O–H groups in total. The highest BCUT2D eigenvalue weighted by atomic mass is 35.5. The molecule has 0 spiro atoms. The molecule has 6 heteroatoms. The maximum Gasteiger partial charge on any atom is 0.162 e. The number of halogens is 3. The number of hydrogen-bond donors (Lipinski definition) is 1. The molecule has 0 heterocycles. The fourth-order valence-electron chi connectivity index (χ4n) is 5.94. The average Bonchev–Trinajstić information content (AvgIpc) is 3.00. The lowest BCUT2D eigenvalue weighted by atomic mass is 9.14. The molecule has 0 aliphatic rings. The van der Waals surface area contributed by atoms with Crippen LogP contribution >= 0.6 is 34.8 Å². The minimum Gasteiger partial charge on any atom is -0.507 e. The van der Waals surface area contributed by atoms with E-state index in [4.69, 9.17) is 34.8 Å². The predicted octanol–water partition coefficient (Wildman–Crippen LogP) is 9.48. The van der Waals surface area contributed by atoms with Crippen molar-refractivity contribution in [3.05, 3.63) is 124 Å². The van der Waals surface area contributed by atoms with Gasteiger partial charge in [0.05, 0.1) is 6.15 Å². The number of benzene rings is 5. The van der Waals surface area contributed by atoms with Crippen molar-refractivity contribution in [1.82, 2.24) is 0 Å². The van der Waals surface area contributed by atoms with Gasteiger partial charge in [-0.3, -0.25) is 0 Å². The second-order valence-electron chi connectivity index (χ2n) is 11.0. The summed E-state index contributed by atoms with van der Waals surface area (Å²) in [6, 6.07) is 36.8. The highest BCUT2D eigenvalue weighted by molar-refractivity contribution is 7.95. The Morgan fingerprint density at radius 2 is 1.02 bits per heavy atom. The molecule has 0 aliphatic heterocycles. The van der Waals surface area contributed by atoms with Crippen LogP contribution in [0.1, 0.15) is 32.6 Å². The zero-order valence-electron chi connectivity index (χ0n) is 24.5. The van der Waals surface area contributed by atoms with E-state index < -0.39 is 6.15 Å². The molecule has 0 saturated carbocycles. The maximum absolute atomic E-state index is 9.68. The monoisotopic (exact) mass is 634 g/mol. The molecule has 0 aliphatic carbocycles. The largest absolute Gasteiger partial charge is 0.507 e. The average molecular weight is 636 g/mol. The fraction of sp³-hybridized carbons (Fsp3) is 0.222. The SMILES string of the molecule is CCCCCC[B-](c1ccc(Cl)cc1)(c1ccc(Cl)cc1)c1ccc(Cl)cc1.C[S+](C)c1ccc(O)c2ccccc12. The van der Waals surface area contributed by atoms with E-state index in [0.717, 1.165) is 26.8 Å². The molecule has 0 saturated heterocycles. The second-order valence-corrected chi connectivity index (χ2v) is 14.4. The quantitative estimate of drug-likeness (QED) is 0.0972. The van der Waals surface area contributed by atoms with Crippen molar-refractivity contribution in [2.24, 2.45) is 0 Å². The number of aromatic hydroxyl groups is 1. The molecule has 0 radical (unpaired) electrons. The topological polar surface area (TPSA) is 20.2 Å². The molecule has 5 aromatic carbocycles. The van der Waals surface area contributed by atoms with Crippen molar-refractivity contribution < 1.29 is 5.11 Å². The van der Waals surface area contributed by atoms with E-state index in [1.54, 1.807) is 6.07 Å². The number of fused-ring (bicyclic) bond motifs is 1. The lowest BCUT2D eigenvalue weighted by Crippen LogP contribution is -2.66. The summed E-state index contributed by atoms with van der Waals surface area (Å²) in [6.45, 7) is 2.25. The number of unbranched alkanes of at least 4 members (excludes halogenated alkanes) is 3. The Balaban J connectivity index is 0.000000241. The van der Waals surface area contributed by atoms with E-state index in [9.17, 15) is 5.11 Å². The maximum atomic E-state index is 9.68. The number of phenols is 1. The third kappa shape index (κ3) is 7.69. The van der Waals surface area contributed by atoms with Crippen molar-refractivity contribution >= 4 is 79.0 Å². The summed E-state index contributed by atoms with van der Waals surface area (Å²) < 4.78 is 0. The molecule has 0 atom stereocenters. The molecule has 0 aromatic heterocycles. The summed E-state index contributed by atoms with van der Waals surface area (Å²) >= 11 is 18.6. The first-order chi connectivity index (χ1) is 20.3. The van der Waals surface area contributed by atoms with Crippen LogP contribution in [-0.4, -0.2) is 23.8 Å². The Morgan fingerprint density at radius 3 is 1.45 bits per heavy atom. The minimum absolute atomic E-state index is 0.227. The van der Waals surface area contributed by atoms with Crippen LogP contribution < -0.4 is 16.4 Å². The number of hydrogen-bond acceptors (Lipinski definition) is 1. The van der Waals surface area contributed by atoms with Crippen LogP contribution in [0.25, 0.3) is 10.8 Å². The molecule has 0 amide bonds. The summed E-state index contributed by atoms with van der Waals surface area (Å²) in [4.78, 5) is 1.32. The first-order valence-corrected chi connectivity index (χ1v) is 17.7. The summed E-state index contributed by atoms with van der Waals surface area (Å²) in [5.41, 5.74) is 3.89. The van der Waals surface area contributed by atoms with Crippen molar-refractivity contribution in [2.45, 2.75) is 43.8 Å². The molecule has 0 unspecified atom stereocenters. The van der Waals surface area contributed by atoms with Gasteiger partial charge in [0.2, 0.25) is 0 Å². The molecule has 42 heavy (non-hydrogen) atoms. The van der Waals surface area contributed by atoms with Crippen LogP contribution in [0.2, 0.25) is 21.4 Å². The van der Waals surface area contributed by atoms with E-state index in [1.807, 2.05) is 60.7 Å². The van der Waals surface area contributed by atoms with Gasteiger partial charge >= 0.3 is 0 Å². The molecule has 5 rings (SSSR count). The van der Waals surface area contributed by atoms with Crippen LogP contribution in [0.15, 0.2) is 114 Å². The highest BCUT2D eigenvalue weighted by Crippen LogP contribution is 2.30. The lowest BCUT2D eigenvalue weighted by Gasteiger charge is -2.43. The van der Waals surface area contributed by atoms with Gasteiger partial charge < -0.3 is 5.11 Å². The summed E-state index contributed by atoms with van der Waals surface area (Å²) in [5, 5.41) is 14.1. The molecule has 5 aromatic rings. The Labute approximate surface area is 269 Å². The van der Waals surface area contributed by atoms with Crippen molar-refractivity contribution in [2.75, 3.05) is 12.5 Å². The van der Waals surface area contributed by atoms with Gasteiger partial charge in [0.1, 0.15) is 18.3 Å². The summed E-state index contributed by atoms with van der Waals surface area (Å²) in [5.74, 6) is 0.370. The summed E-state index contributed by atoms with van der Waals surface area (Å²) in [7, 11) is 0.227. The van der Waals surface area contributed by atoms with Crippen LogP contribution in [-0.2, 0) is 10.9 Å². The van der Waals surface area contributed by atoms with Gasteiger partial charge in [-0.25, -0.2) is 0 Å². The fourth-order valence-corrected chi connectivity index (χ4v) is 7.28. The van der Waals surface area contributed by atoms with E-state index in [0.29, 0.717) is 5.75 Å². The van der Waals surface area contributed by atoms with Gasteiger partial charge in [0.25, 0.3) is 0 Å². The highest BCUT2D eigenvalue weighted by Gasteiger charge is 2.29. The van der Waals surface area contributed by atoms with Crippen LogP contribution in [0.5, 0.6) is 5.75 Å². The minimum atomic E-state index is -1.15. The molecular weight excluding hydrogens is 598 g/mol. The van der Waals surface area contributed by atoms with Gasteiger partial charge in [0.15, 0.2) is 4.90 Å². The van der Waals surface area contributed by atoms with Gasteiger partial charge in [-0.2, -0.15) is 22.7 Å². The zero-order valence-corrected chi connectivity index (χ0v) is 27.6. The smallest absolute Gasteiger partial charge is 0.162 e. The number of rotatable bonds is 9. The molecule has 218 valence electrons. The Morgan fingerprint density at radius 1 is 0.571 bits per heavy atom. The Hall–Kier alpha value is -2.56. The van der Waals surface area contributed by atoms with Gasteiger partial charge in [-0.15, -0.1) is 0 Å². The first-order valence-electron chi connectivity index (χ1n) is 14.5. The first kappa shape index (κ1) is 32.4. The molecule has 0 fully saturated rings. The number of phenolic OH excluding ortho intramolecular Hbond substituents is 1. The van der Waals surface area contributed by atoms with Gasteiger partial charge in [-0.05, 0) is 54.6 Å². The van der Waals surface area contributed by atoms with Crippen LogP contribution in [0, 0.1) is 0 Å². The molecule has 1 nitrogen and oxygen atoms in total. The van der Waals surface area contributed by atoms with Crippen LogP contribution in [0.4, 0.5) is 0 Å². The van der Waals surface area contributed by atoms with E-state index in [2.05, 4.69) is 61.9 Å². The normalized spacial score (nSPS) is 11.4. The van der Waals surface area contributed by atoms with E-state index in [1.165, 1.54) is 52.4 Å². The third-order valence-corrected chi connectivity index (χ3v) is 10.1. The summed E-state index contributed by atoms with van der Waals surface area (Å²) in [6.07, 6.45) is 9.20. The Bertz CT molecular complexity index is 1460. The lowest BCUT2D eigenvalue weighted by molar-refractivity contribution is 0.481. The molecular formula is C36H38BCl3OS. The van der Waals surface area contributed by atoms with Crippen molar-refractivity contribution in [1.29, 1.82) is 0 Å². The van der Waals surface area contributed by atoms with E-state index in [-0.39, 0.29) is 10.9 Å². The van der Waals surface area contributed by atoms with Gasteiger partial charge in [0, 0.05) is 36.7 Å². The standard InChI is InChI=1S/C24H25BCl3.C12H12OS/c1-2-3-4-5-18-25(19-6-12-22(26)13-7-19,20-8-14-23(27)15-9-20)21-10-16-24(28)17-11-21;1-14(2)12-8-7-11(13)9-5-3-4-6-10(9)12/h6-17H,2-5,18H2,1H3;3-8H,1-2H3/q-1;/p+1. The van der Waals surface area contributed by atoms with Crippen molar-refractivity contribution in [3.8, 4) is 5.75 Å². The third-order valence-electron chi connectivity index (χ3n) is 8.11. The second kappa shape index (κ2) is 15.3. The van der Waals surface area contributed by atoms with Crippen molar-refractivity contribution in [3.63, 3.8) is 0 Å².